The molecule has 0 radical (unpaired) electrons. The standard InChI is InChI=1S/C14H18N4O3/c1-5-10-11(7-17(4)15-10)18-6-9(8(2)3)13(19)12(16-18)14(20)21/h6-8H,5H2,1-4H3,(H,20,21). The number of nitrogens with zero attached hydrogens (tertiary/aromatic N) is 4. The van der Waals surface area contributed by atoms with Crippen molar-refractivity contribution in [3.63, 3.8) is 0 Å². The van der Waals surface area contributed by atoms with Crippen LogP contribution in [0.2, 0.25) is 0 Å². The first-order chi connectivity index (χ1) is 9.85. The summed E-state index contributed by atoms with van der Waals surface area (Å²) in [6.07, 6.45) is 4.03. The van der Waals surface area contributed by atoms with Gasteiger partial charge < -0.3 is 5.11 Å². The number of aryl methyl sites for hydroxylation is 2. The fourth-order valence-corrected chi connectivity index (χ4v) is 2.15. The molecule has 0 saturated carbocycles. The molecule has 0 bridgehead atoms. The first-order valence-electron chi connectivity index (χ1n) is 6.75. The Morgan fingerprint density at radius 2 is 2.00 bits per heavy atom. The molecule has 0 spiro atoms. The average molecular weight is 290 g/mol. The van der Waals surface area contributed by atoms with Gasteiger partial charge in [-0.15, -0.1) is 0 Å². The highest BCUT2D eigenvalue weighted by molar-refractivity contribution is 5.85. The van der Waals surface area contributed by atoms with E-state index < -0.39 is 17.1 Å². The summed E-state index contributed by atoms with van der Waals surface area (Å²) in [6.45, 7) is 5.64. The van der Waals surface area contributed by atoms with Gasteiger partial charge in [0.25, 0.3) is 0 Å². The number of hydrogen-bond acceptors (Lipinski definition) is 4. The highest BCUT2D eigenvalue weighted by Crippen LogP contribution is 2.15. The van der Waals surface area contributed by atoms with Gasteiger partial charge in [0.05, 0.1) is 11.9 Å². The molecule has 1 N–H and O–H groups in total. The van der Waals surface area contributed by atoms with Gasteiger partial charge in [0.1, 0.15) is 5.69 Å². The van der Waals surface area contributed by atoms with Crippen molar-refractivity contribution in [1.82, 2.24) is 19.6 Å². The molecule has 0 atom stereocenters. The van der Waals surface area contributed by atoms with Crippen LogP contribution in [-0.4, -0.2) is 30.6 Å². The van der Waals surface area contributed by atoms with Crippen molar-refractivity contribution in [3.05, 3.63) is 39.6 Å². The van der Waals surface area contributed by atoms with Crippen LogP contribution in [0.3, 0.4) is 0 Å². The Labute approximate surface area is 121 Å². The van der Waals surface area contributed by atoms with Crippen molar-refractivity contribution in [3.8, 4) is 5.69 Å². The molecule has 0 fully saturated rings. The van der Waals surface area contributed by atoms with Crippen molar-refractivity contribution in [1.29, 1.82) is 0 Å². The van der Waals surface area contributed by atoms with E-state index in [1.165, 1.54) is 4.68 Å². The lowest BCUT2D eigenvalue weighted by Gasteiger charge is -2.10. The molecule has 2 rings (SSSR count). The summed E-state index contributed by atoms with van der Waals surface area (Å²) < 4.78 is 3.08. The number of aromatic nitrogens is 4. The molecule has 0 amide bonds. The van der Waals surface area contributed by atoms with E-state index in [9.17, 15) is 14.7 Å². The lowest BCUT2D eigenvalue weighted by molar-refractivity contribution is 0.0686. The number of carbonyl (C=O) groups is 1. The van der Waals surface area contributed by atoms with Gasteiger partial charge >= 0.3 is 5.97 Å². The van der Waals surface area contributed by atoms with E-state index in [2.05, 4.69) is 10.2 Å². The maximum absolute atomic E-state index is 12.1. The van der Waals surface area contributed by atoms with Gasteiger partial charge in [-0.3, -0.25) is 9.48 Å². The van der Waals surface area contributed by atoms with Crippen LogP contribution >= 0.6 is 0 Å². The molecule has 21 heavy (non-hydrogen) atoms. The monoisotopic (exact) mass is 290 g/mol. The minimum atomic E-state index is -1.32. The van der Waals surface area contributed by atoms with E-state index in [1.54, 1.807) is 24.1 Å². The zero-order valence-corrected chi connectivity index (χ0v) is 12.5. The predicted octanol–water partition coefficient (Wildman–Crippen LogP) is 1.35. The Bertz CT molecular complexity index is 743. The van der Waals surface area contributed by atoms with E-state index in [1.807, 2.05) is 20.8 Å². The molecule has 112 valence electrons. The van der Waals surface area contributed by atoms with Crippen LogP contribution in [-0.2, 0) is 13.5 Å². The van der Waals surface area contributed by atoms with Gasteiger partial charge in [0.15, 0.2) is 0 Å². The molecule has 7 nitrogen and oxygen atoms in total. The van der Waals surface area contributed by atoms with Gasteiger partial charge in [-0.1, -0.05) is 20.8 Å². The molecular formula is C14H18N4O3. The maximum Gasteiger partial charge on any atom is 0.360 e. The van der Waals surface area contributed by atoms with Crippen LogP contribution in [0, 0.1) is 0 Å². The molecule has 0 aromatic carbocycles. The Kier molecular flexibility index (Phi) is 3.93. The lowest BCUT2D eigenvalue weighted by Crippen LogP contribution is -2.25. The summed E-state index contributed by atoms with van der Waals surface area (Å²) in [5, 5.41) is 17.4. The molecule has 7 heteroatoms. The molecule has 2 heterocycles. The summed E-state index contributed by atoms with van der Waals surface area (Å²) in [6, 6.07) is 0. The summed E-state index contributed by atoms with van der Waals surface area (Å²) in [4.78, 5) is 23.4. The average Bonchev–Trinajstić information content (AvgIpc) is 2.79. The number of hydrogen-bond donors (Lipinski definition) is 1. The molecule has 2 aromatic rings. The first-order valence-corrected chi connectivity index (χ1v) is 6.75. The lowest BCUT2D eigenvalue weighted by atomic mass is 10.0. The third kappa shape index (κ3) is 2.72. The summed E-state index contributed by atoms with van der Waals surface area (Å²) >= 11 is 0. The Morgan fingerprint density at radius 1 is 1.33 bits per heavy atom. The van der Waals surface area contributed by atoms with E-state index in [4.69, 9.17) is 0 Å². The fourth-order valence-electron chi connectivity index (χ4n) is 2.15. The Hall–Kier alpha value is -2.44. The minimum absolute atomic E-state index is 0.0911. The quantitative estimate of drug-likeness (QED) is 0.918. The van der Waals surface area contributed by atoms with Gasteiger partial charge in [-0.05, 0) is 12.3 Å². The fraction of sp³-hybridized carbons (Fsp3) is 0.429. The van der Waals surface area contributed by atoms with Gasteiger partial charge in [-0.2, -0.15) is 10.2 Å². The summed E-state index contributed by atoms with van der Waals surface area (Å²) in [7, 11) is 1.78. The van der Waals surface area contributed by atoms with Crippen LogP contribution in [0.1, 0.15) is 48.4 Å². The molecule has 0 aliphatic heterocycles. The zero-order chi connectivity index (χ0) is 15.7. The minimum Gasteiger partial charge on any atom is -0.476 e. The van der Waals surface area contributed by atoms with Crippen LogP contribution in [0.4, 0.5) is 0 Å². The Morgan fingerprint density at radius 3 is 2.52 bits per heavy atom. The van der Waals surface area contributed by atoms with E-state index in [-0.39, 0.29) is 5.92 Å². The SMILES string of the molecule is CCc1nn(C)cc1-n1cc(C(C)C)c(=O)c(C(=O)O)n1. The van der Waals surface area contributed by atoms with Crippen LogP contribution in [0.15, 0.2) is 17.2 Å². The zero-order valence-electron chi connectivity index (χ0n) is 12.5. The van der Waals surface area contributed by atoms with Gasteiger partial charge in [0, 0.05) is 18.8 Å². The number of carboxylic acid groups (broad SMARTS) is 1. The van der Waals surface area contributed by atoms with E-state index in [0.717, 1.165) is 5.69 Å². The number of carboxylic acids is 1. The third-order valence-electron chi connectivity index (χ3n) is 3.24. The normalized spacial score (nSPS) is 11.1. The largest absolute Gasteiger partial charge is 0.476 e. The molecule has 0 aliphatic carbocycles. The number of aromatic carboxylic acids is 1. The summed E-state index contributed by atoms with van der Waals surface area (Å²) in [5.74, 6) is -1.41. The highest BCUT2D eigenvalue weighted by Gasteiger charge is 2.19. The molecular weight excluding hydrogens is 272 g/mol. The highest BCUT2D eigenvalue weighted by atomic mass is 16.4. The van der Waals surface area contributed by atoms with Crippen molar-refractivity contribution >= 4 is 5.97 Å². The molecule has 0 saturated heterocycles. The topological polar surface area (TPSA) is 90.0 Å². The molecule has 0 aliphatic rings. The molecule has 0 unspecified atom stereocenters. The maximum atomic E-state index is 12.1. The number of rotatable bonds is 4. The van der Waals surface area contributed by atoms with Crippen molar-refractivity contribution in [2.24, 2.45) is 7.05 Å². The van der Waals surface area contributed by atoms with Crippen LogP contribution in [0.5, 0.6) is 0 Å². The van der Waals surface area contributed by atoms with E-state index >= 15 is 0 Å². The van der Waals surface area contributed by atoms with E-state index in [0.29, 0.717) is 17.7 Å². The van der Waals surface area contributed by atoms with Gasteiger partial charge in [0.2, 0.25) is 11.1 Å². The van der Waals surface area contributed by atoms with Crippen LogP contribution < -0.4 is 5.43 Å². The first kappa shape index (κ1) is 15.0. The van der Waals surface area contributed by atoms with Crippen molar-refractivity contribution in [2.75, 3.05) is 0 Å². The smallest absolute Gasteiger partial charge is 0.360 e. The second-order valence-corrected chi connectivity index (χ2v) is 5.15. The summed E-state index contributed by atoms with van der Waals surface area (Å²) in [5.41, 5.74) is 0.903. The van der Waals surface area contributed by atoms with Crippen LogP contribution in [0.25, 0.3) is 5.69 Å². The van der Waals surface area contributed by atoms with Crippen molar-refractivity contribution < 1.29 is 9.90 Å². The Balaban J connectivity index is 2.75. The second kappa shape index (κ2) is 5.51. The predicted molar refractivity (Wildman–Crippen MR) is 77.0 cm³/mol. The third-order valence-corrected chi connectivity index (χ3v) is 3.24. The molecule has 2 aromatic heterocycles. The second-order valence-electron chi connectivity index (χ2n) is 5.15. The van der Waals surface area contributed by atoms with Crippen molar-refractivity contribution in [2.45, 2.75) is 33.1 Å². The van der Waals surface area contributed by atoms with Gasteiger partial charge in [-0.25, -0.2) is 9.48 Å².